The number of H-pyrrole nitrogens is 1. The van der Waals surface area contributed by atoms with Crippen LogP contribution in [-0.2, 0) is 0 Å². The van der Waals surface area contributed by atoms with Crippen molar-refractivity contribution in [3.63, 3.8) is 0 Å². The number of nitrogens with one attached hydrogen (secondary N) is 1. The summed E-state index contributed by atoms with van der Waals surface area (Å²) in [5.41, 5.74) is 14.9. The number of nitrogens with two attached hydrogens (primary N) is 1. The van der Waals surface area contributed by atoms with Gasteiger partial charge >= 0.3 is 0 Å². The van der Waals surface area contributed by atoms with Crippen molar-refractivity contribution in [3.05, 3.63) is 134 Å². The lowest BCUT2D eigenvalue weighted by molar-refractivity contribution is 0.936. The number of benzene rings is 5. The lowest BCUT2D eigenvalue weighted by Crippen LogP contribution is -2.36. The number of anilines is 4. The number of aromatic nitrogens is 3. The minimum absolute atomic E-state index is 0.694. The highest BCUT2D eigenvalue weighted by molar-refractivity contribution is 5.83. The zero-order chi connectivity index (χ0) is 25.9. The Labute approximate surface area is 221 Å². The highest BCUT2D eigenvalue weighted by atomic mass is 15.6. The summed E-state index contributed by atoms with van der Waals surface area (Å²) in [7, 11) is 2.04. The van der Waals surface area contributed by atoms with Crippen molar-refractivity contribution in [2.75, 3.05) is 22.8 Å². The predicted molar refractivity (Wildman–Crippen MR) is 158 cm³/mol. The minimum Gasteiger partial charge on any atom is -0.397 e. The molecule has 0 amide bonds. The van der Waals surface area contributed by atoms with Gasteiger partial charge in [-0.3, -0.25) is 14.6 Å². The number of hydrogen-bond acceptors (Lipinski definition) is 4. The van der Waals surface area contributed by atoms with Gasteiger partial charge in [0.15, 0.2) is 0 Å². The third-order valence-corrected chi connectivity index (χ3v) is 6.60. The molecule has 5 aromatic carbocycles. The molecule has 0 fully saturated rings. The third-order valence-electron chi connectivity index (χ3n) is 6.60. The molecule has 1 aromatic heterocycles. The molecule has 0 aliphatic rings. The van der Waals surface area contributed by atoms with Crippen LogP contribution in [0.15, 0.2) is 134 Å². The molecule has 0 spiro atoms. The van der Waals surface area contributed by atoms with Gasteiger partial charge in [0.25, 0.3) is 0 Å². The van der Waals surface area contributed by atoms with E-state index in [4.69, 9.17) is 10.7 Å². The van der Waals surface area contributed by atoms with E-state index in [2.05, 4.69) is 68.1 Å². The lowest BCUT2D eigenvalue weighted by Gasteiger charge is -2.36. The second-order valence-corrected chi connectivity index (χ2v) is 9.02. The number of para-hydroxylation sites is 7. The number of nitrogen functional groups attached to an aromatic ring is 1. The monoisotopic (exact) mass is 496 g/mol. The van der Waals surface area contributed by atoms with Crippen molar-refractivity contribution in [1.82, 2.24) is 14.5 Å². The van der Waals surface area contributed by atoms with Gasteiger partial charge in [-0.25, -0.2) is 4.98 Å². The molecule has 0 saturated heterocycles. The van der Waals surface area contributed by atoms with Crippen molar-refractivity contribution in [1.29, 1.82) is 0 Å². The van der Waals surface area contributed by atoms with Crippen LogP contribution in [0, 0.1) is 0 Å². The van der Waals surface area contributed by atoms with Gasteiger partial charge in [0.05, 0.1) is 44.8 Å². The van der Waals surface area contributed by atoms with E-state index in [0.29, 0.717) is 5.69 Å². The SMILES string of the molecule is CN(c1ccccc1)N(c1cccc(-n2cnc3ccccc3[nH]c3ccccc32)c1)c1ccccc1N. The van der Waals surface area contributed by atoms with Crippen LogP contribution < -0.4 is 15.8 Å². The molecule has 0 aliphatic heterocycles. The van der Waals surface area contributed by atoms with Gasteiger partial charge in [-0.2, -0.15) is 0 Å². The van der Waals surface area contributed by atoms with Crippen molar-refractivity contribution < 1.29 is 0 Å². The van der Waals surface area contributed by atoms with Crippen LogP contribution in [0.3, 0.4) is 0 Å². The van der Waals surface area contributed by atoms with Gasteiger partial charge in [-0.15, -0.1) is 0 Å². The lowest BCUT2D eigenvalue weighted by atomic mass is 10.2. The molecule has 6 heteroatoms. The predicted octanol–water partition coefficient (Wildman–Crippen LogP) is 7.40. The smallest absolute Gasteiger partial charge is 0.100 e. The molecule has 6 nitrogen and oxygen atoms in total. The topological polar surface area (TPSA) is 66.1 Å². The molecule has 0 unspecified atom stereocenters. The number of hydrogen-bond donors (Lipinski definition) is 2. The molecule has 1 heterocycles. The number of nitrogens with zero attached hydrogens (tertiary/aromatic N) is 4. The van der Waals surface area contributed by atoms with Gasteiger partial charge in [-0.05, 0) is 66.7 Å². The van der Waals surface area contributed by atoms with Crippen molar-refractivity contribution in [3.8, 4) is 5.69 Å². The summed E-state index contributed by atoms with van der Waals surface area (Å²) >= 11 is 0. The summed E-state index contributed by atoms with van der Waals surface area (Å²) < 4.78 is 2.11. The normalized spacial score (nSPS) is 10.9. The van der Waals surface area contributed by atoms with Crippen LogP contribution in [-0.4, -0.2) is 21.6 Å². The van der Waals surface area contributed by atoms with E-state index in [1.54, 1.807) is 0 Å². The fraction of sp³-hybridized carbons (Fsp3) is 0.0312. The third kappa shape index (κ3) is 4.40. The van der Waals surface area contributed by atoms with Gasteiger partial charge in [0, 0.05) is 12.7 Å². The summed E-state index contributed by atoms with van der Waals surface area (Å²) in [4.78, 5) is 8.39. The van der Waals surface area contributed by atoms with Gasteiger partial charge < -0.3 is 10.7 Å². The van der Waals surface area contributed by atoms with Crippen LogP contribution in [0.5, 0.6) is 0 Å². The summed E-state index contributed by atoms with van der Waals surface area (Å²) in [6.07, 6.45) is 1.89. The molecule has 6 rings (SSSR count). The van der Waals surface area contributed by atoms with E-state index in [0.717, 1.165) is 44.8 Å². The van der Waals surface area contributed by atoms with Crippen LogP contribution in [0.25, 0.3) is 27.8 Å². The number of hydrazine groups is 1. The molecule has 0 radical (unpaired) electrons. The zero-order valence-corrected chi connectivity index (χ0v) is 21.1. The maximum absolute atomic E-state index is 6.49. The summed E-state index contributed by atoms with van der Waals surface area (Å²) in [5.74, 6) is 0. The van der Waals surface area contributed by atoms with E-state index >= 15 is 0 Å². The van der Waals surface area contributed by atoms with Gasteiger partial charge in [0.2, 0.25) is 0 Å². The number of aromatic amines is 1. The standard InChI is InChI=1S/C32H28N6/c1-36(24-12-3-2-4-13-24)38(31-20-9-5-16-27(31)33)26-15-11-14-25(22-26)37-23-34-28-17-6-7-18-29(28)35-30-19-8-10-21-32(30)37/h2-23,35H,33H2,1H3. The fourth-order valence-electron chi connectivity index (χ4n) is 4.70. The van der Waals surface area contributed by atoms with Gasteiger partial charge in [0.1, 0.15) is 6.33 Å². The van der Waals surface area contributed by atoms with E-state index in [9.17, 15) is 0 Å². The number of rotatable bonds is 5. The Morgan fingerprint density at radius 2 is 1.37 bits per heavy atom. The maximum atomic E-state index is 6.49. The minimum atomic E-state index is 0.694. The van der Waals surface area contributed by atoms with Crippen molar-refractivity contribution in [2.45, 2.75) is 0 Å². The van der Waals surface area contributed by atoms with Crippen LogP contribution >= 0.6 is 0 Å². The van der Waals surface area contributed by atoms with Crippen LogP contribution in [0.2, 0.25) is 0 Å². The Bertz CT molecular complexity index is 1770. The maximum Gasteiger partial charge on any atom is 0.100 e. The molecule has 38 heavy (non-hydrogen) atoms. The molecule has 3 N–H and O–H groups in total. The molecule has 0 aliphatic carbocycles. The Kier molecular flexibility index (Phi) is 6.12. The fourth-order valence-corrected chi connectivity index (χ4v) is 4.70. The first kappa shape index (κ1) is 23.2. The first-order valence-corrected chi connectivity index (χ1v) is 12.5. The summed E-state index contributed by atoms with van der Waals surface area (Å²) in [5, 5.41) is 4.24. The second kappa shape index (κ2) is 10.0. The molecular formula is C32H28N6. The average molecular weight is 497 g/mol. The van der Waals surface area contributed by atoms with E-state index in [1.807, 2.05) is 92.2 Å². The second-order valence-electron chi connectivity index (χ2n) is 9.02. The molecule has 0 saturated carbocycles. The molecule has 0 atom stereocenters. The first-order chi connectivity index (χ1) is 18.7. The van der Waals surface area contributed by atoms with E-state index < -0.39 is 0 Å². The highest BCUT2D eigenvalue weighted by Gasteiger charge is 2.18. The Balaban J connectivity index is 1.56. The molecule has 186 valence electrons. The Hall–Kier alpha value is -5.23. The summed E-state index contributed by atoms with van der Waals surface area (Å²) in [6.45, 7) is 0. The molecule has 6 aromatic rings. The van der Waals surface area contributed by atoms with E-state index in [1.165, 1.54) is 0 Å². The largest absolute Gasteiger partial charge is 0.397 e. The molecular weight excluding hydrogens is 468 g/mol. The first-order valence-electron chi connectivity index (χ1n) is 12.5. The number of fused-ring (bicyclic) bond motifs is 2. The van der Waals surface area contributed by atoms with Crippen molar-refractivity contribution >= 4 is 44.8 Å². The average Bonchev–Trinajstić information content (AvgIpc) is 2.95. The quantitative estimate of drug-likeness (QED) is 0.193. The Morgan fingerprint density at radius 3 is 2.21 bits per heavy atom. The Morgan fingerprint density at radius 1 is 0.684 bits per heavy atom. The summed E-state index contributed by atoms with van der Waals surface area (Å²) in [6, 6.07) is 42.9. The van der Waals surface area contributed by atoms with Crippen LogP contribution in [0.4, 0.5) is 22.7 Å². The van der Waals surface area contributed by atoms with Crippen LogP contribution in [0.1, 0.15) is 0 Å². The van der Waals surface area contributed by atoms with Crippen molar-refractivity contribution in [2.24, 2.45) is 0 Å². The highest BCUT2D eigenvalue weighted by Crippen LogP contribution is 2.35. The van der Waals surface area contributed by atoms with E-state index in [-0.39, 0.29) is 0 Å². The molecule has 0 bridgehead atoms. The zero-order valence-electron chi connectivity index (χ0n) is 21.1. The van der Waals surface area contributed by atoms with Gasteiger partial charge in [-0.1, -0.05) is 60.7 Å².